The van der Waals surface area contributed by atoms with Crippen LogP contribution in [0.1, 0.15) is 50.2 Å². The van der Waals surface area contributed by atoms with E-state index in [1.54, 1.807) is 16.7 Å². The predicted molar refractivity (Wildman–Crippen MR) is 177 cm³/mol. The molecule has 2 aromatic heterocycles. The number of amides is 2. The normalized spacial score (nSPS) is 14.2. The van der Waals surface area contributed by atoms with Gasteiger partial charge in [-0.2, -0.15) is 5.10 Å². The van der Waals surface area contributed by atoms with Gasteiger partial charge in [-0.05, 0) is 66.8 Å². The Balaban J connectivity index is 1.24. The Morgan fingerprint density at radius 3 is 2.57 bits per heavy atom. The van der Waals surface area contributed by atoms with Crippen molar-refractivity contribution in [1.29, 1.82) is 0 Å². The third kappa shape index (κ3) is 6.83. The van der Waals surface area contributed by atoms with Crippen molar-refractivity contribution >= 4 is 46.3 Å². The number of hydrazone groups is 1. The first-order valence-corrected chi connectivity index (χ1v) is 16.4. The molecule has 1 aliphatic rings. The maximum atomic E-state index is 13.7. The number of nitro benzene ring substituents is 1. The van der Waals surface area contributed by atoms with Crippen LogP contribution in [0.2, 0.25) is 0 Å². The number of aryl methyl sites for hydroxylation is 1. The lowest BCUT2D eigenvalue weighted by Gasteiger charge is -2.22. The number of thioether (sulfide) groups is 1. The highest BCUT2D eigenvalue weighted by atomic mass is 32.2. The summed E-state index contributed by atoms with van der Waals surface area (Å²) in [4.78, 5) is 38.6. The van der Waals surface area contributed by atoms with E-state index in [9.17, 15) is 24.1 Å². The van der Waals surface area contributed by atoms with E-state index < -0.39 is 16.9 Å². The molecular formula is C33H28FN7O4S2. The van der Waals surface area contributed by atoms with E-state index in [0.717, 1.165) is 27.4 Å². The van der Waals surface area contributed by atoms with E-state index in [-0.39, 0.29) is 40.8 Å². The van der Waals surface area contributed by atoms with Crippen LogP contribution < -0.4 is 5.32 Å². The molecule has 11 nitrogen and oxygen atoms in total. The molecule has 1 atom stereocenters. The molecule has 2 amide bonds. The minimum Gasteiger partial charge on any atom is -0.345 e. The van der Waals surface area contributed by atoms with Crippen molar-refractivity contribution in [2.75, 3.05) is 5.75 Å². The maximum absolute atomic E-state index is 13.7. The van der Waals surface area contributed by atoms with Crippen molar-refractivity contribution in [3.63, 3.8) is 0 Å². The van der Waals surface area contributed by atoms with Crippen LogP contribution in [0.3, 0.4) is 0 Å². The van der Waals surface area contributed by atoms with Gasteiger partial charge in [-0.15, -0.1) is 21.5 Å². The first-order valence-electron chi connectivity index (χ1n) is 14.5. The van der Waals surface area contributed by atoms with Crippen molar-refractivity contribution in [3.8, 4) is 5.69 Å². The second kappa shape index (κ2) is 13.6. The van der Waals surface area contributed by atoms with E-state index in [2.05, 4.69) is 15.5 Å². The third-order valence-corrected chi connectivity index (χ3v) is 9.50. The largest absolute Gasteiger partial charge is 0.345 e. The zero-order chi connectivity index (χ0) is 33.1. The molecule has 1 N–H and O–H groups in total. The van der Waals surface area contributed by atoms with Crippen LogP contribution in [0.5, 0.6) is 0 Å². The van der Waals surface area contributed by atoms with E-state index in [1.807, 2.05) is 48.7 Å². The molecule has 0 radical (unpaired) electrons. The zero-order valence-electron chi connectivity index (χ0n) is 25.3. The van der Waals surface area contributed by atoms with Crippen molar-refractivity contribution in [3.05, 3.63) is 133 Å². The van der Waals surface area contributed by atoms with Gasteiger partial charge >= 0.3 is 0 Å². The summed E-state index contributed by atoms with van der Waals surface area (Å²) in [5, 5.41) is 31.4. The number of benzene rings is 3. The molecule has 3 aromatic carbocycles. The van der Waals surface area contributed by atoms with Gasteiger partial charge in [0.05, 0.1) is 33.9 Å². The average Bonchev–Trinajstić information content (AvgIpc) is 3.83. The van der Waals surface area contributed by atoms with E-state index in [0.29, 0.717) is 17.4 Å². The summed E-state index contributed by atoms with van der Waals surface area (Å²) in [5.74, 6) is -0.713. The number of thiophene rings is 1. The number of carbonyl (C=O) groups is 2. The van der Waals surface area contributed by atoms with Crippen molar-refractivity contribution in [2.45, 2.75) is 38.0 Å². The summed E-state index contributed by atoms with van der Waals surface area (Å²) >= 11 is 2.72. The predicted octanol–water partition coefficient (Wildman–Crippen LogP) is 6.39. The Morgan fingerprint density at radius 2 is 1.85 bits per heavy atom. The van der Waals surface area contributed by atoms with E-state index >= 15 is 0 Å². The van der Waals surface area contributed by atoms with Crippen LogP contribution in [0.4, 0.5) is 10.1 Å². The highest BCUT2D eigenvalue weighted by Crippen LogP contribution is 2.35. The van der Waals surface area contributed by atoms with Gasteiger partial charge < -0.3 is 5.32 Å². The highest BCUT2D eigenvalue weighted by Gasteiger charge is 2.34. The molecule has 0 spiro atoms. The van der Waals surface area contributed by atoms with Gasteiger partial charge in [-0.3, -0.25) is 24.3 Å². The van der Waals surface area contributed by atoms with Crippen LogP contribution in [0.25, 0.3) is 5.69 Å². The SMILES string of the molecule is Cc1cccc(-n2c(CNC(=O)c3cccc([N+](=O)[O-])c3C)nnc2SCC(=O)N2N=C(c3cccs3)CC2c2ccc(F)cc2)c1. The molecule has 1 aliphatic heterocycles. The number of nitrogens with one attached hydrogen (secondary N) is 1. The fourth-order valence-electron chi connectivity index (χ4n) is 5.33. The lowest BCUT2D eigenvalue weighted by atomic mass is 10.0. The lowest BCUT2D eigenvalue weighted by Crippen LogP contribution is -2.28. The average molecular weight is 670 g/mol. The van der Waals surface area contributed by atoms with Crippen LogP contribution in [-0.4, -0.2) is 48.0 Å². The summed E-state index contributed by atoms with van der Waals surface area (Å²) in [5.41, 5.74) is 3.59. The number of hydrogen-bond donors (Lipinski definition) is 1. The molecular weight excluding hydrogens is 642 g/mol. The molecule has 0 aliphatic carbocycles. The van der Waals surface area contributed by atoms with Gasteiger partial charge in [0.15, 0.2) is 11.0 Å². The van der Waals surface area contributed by atoms with Crippen LogP contribution >= 0.6 is 23.1 Å². The molecule has 47 heavy (non-hydrogen) atoms. The quantitative estimate of drug-likeness (QED) is 0.103. The first kappa shape index (κ1) is 31.8. The second-order valence-electron chi connectivity index (χ2n) is 10.8. The minimum absolute atomic E-state index is 0.0118. The first-order chi connectivity index (χ1) is 22.7. The number of hydrogen-bond acceptors (Lipinski definition) is 9. The number of halogens is 1. The molecule has 238 valence electrons. The van der Waals surface area contributed by atoms with Gasteiger partial charge in [0, 0.05) is 29.3 Å². The summed E-state index contributed by atoms with van der Waals surface area (Å²) in [6, 6.07) is 21.6. The highest BCUT2D eigenvalue weighted by molar-refractivity contribution is 7.99. The minimum atomic E-state index is -0.524. The molecule has 1 unspecified atom stereocenters. The Bertz CT molecular complexity index is 1990. The molecule has 0 bridgehead atoms. The summed E-state index contributed by atoms with van der Waals surface area (Å²) in [6.07, 6.45) is 0.496. The third-order valence-electron chi connectivity index (χ3n) is 7.66. The molecule has 0 saturated heterocycles. The number of nitrogens with zero attached hydrogens (tertiary/aromatic N) is 6. The number of aromatic nitrogens is 3. The van der Waals surface area contributed by atoms with E-state index in [1.165, 1.54) is 65.4 Å². The number of nitro groups is 1. The molecule has 6 rings (SSSR count). The summed E-state index contributed by atoms with van der Waals surface area (Å²) < 4.78 is 15.5. The van der Waals surface area contributed by atoms with Gasteiger partial charge in [-0.1, -0.05) is 48.2 Å². The Morgan fingerprint density at radius 1 is 1.06 bits per heavy atom. The lowest BCUT2D eigenvalue weighted by molar-refractivity contribution is -0.385. The van der Waals surface area contributed by atoms with Gasteiger partial charge in [0.25, 0.3) is 17.5 Å². The molecule has 0 fully saturated rings. The van der Waals surface area contributed by atoms with Crippen LogP contribution in [0, 0.1) is 29.8 Å². The zero-order valence-corrected chi connectivity index (χ0v) is 26.9. The van der Waals surface area contributed by atoms with Crippen molar-refractivity contribution < 1.29 is 18.9 Å². The van der Waals surface area contributed by atoms with Gasteiger partial charge in [0.1, 0.15) is 5.82 Å². The monoisotopic (exact) mass is 669 g/mol. The molecule has 5 aromatic rings. The molecule has 3 heterocycles. The van der Waals surface area contributed by atoms with Crippen LogP contribution in [-0.2, 0) is 11.3 Å². The smallest absolute Gasteiger partial charge is 0.273 e. The number of rotatable bonds is 10. The van der Waals surface area contributed by atoms with Crippen molar-refractivity contribution in [2.24, 2.45) is 5.10 Å². The maximum Gasteiger partial charge on any atom is 0.273 e. The van der Waals surface area contributed by atoms with Gasteiger partial charge in [0.2, 0.25) is 0 Å². The topological polar surface area (TPSA) is 136 Å². The second-order valence-corrected chi connectivity index (χ2v) is 12.7. The van der Waals surface area contributed by atoms with Crippen LogP contribution in [0.15, 0.2) is 94.5 Å². The fraction of sp³-hybridized carbons (Fsp3) is 0.182. The van der Waals surface area contributed by atoms with E-state index in [4.69, 9.17) is 5.10 Å². The summed E-state index contributed by atoms with van der Waals surface area (Å²) in [7, 11) is 0. The molecule has 14 heteroatoms. The molecule has 0 saturated carbocycles. The Hall–Kier alpha value is -5.21. The fourth-order valence-corrected chi connectivity index (χ4v) is 6.87. The standard InChI is InChI=1S/C33H28FN7O4S2/c1-20-6-3-7-24(16-20)39-30(18-35-32(43)25-8-4-9-27(21(25)2)41(44)45)36-37-33(39)47-19-31(42)40-28(22-11-13-23(34)14-12-22)17-26(38-40)29-10-5-15-46-29/h3-16,28H,17-19H2,1-2H3,(H,35,43). The van der Waals surface area contributed by atoms with Crippen molar-refractivity contribution in [1.82, 2.24) is 25.1 Å². The van der Waals surface area contributed by atoms with Gasteiger partial charge in [-0.25, -0.2) is 9.40 Å². The Labute approximate surface area is 277 Å². The summed E-state index contributed by atoms with van der Waals surface area (Å²) in [6.45, 7) is 3.45. The Kier molecular flexibility index (Phi) is 9.22. The number of carbonyl (C=O) groups excluding carboxylic acids is 2.